The van der Waals surface area contributed by atoms with Gasteiger partial charge in [0.15, 0.2) is 0 Å². The highest BCUT2D eigenvalue weighted by Crippen LogP contribution is 2.39. The largest absolute Gasteiger partial charge is 0.490 e. The first-order valence-corrected chi connectivity index (χ1v) is 6.38. The molecule has 0 aliphatic carbocycles. The van der Waals surface area contributed by atoms with E-state index < -0.39 is 0 Å². The summed E-state index contributed by atoms with van der Waals surface area (Å²) in [5, 5.41) is 0. The Balaban J connectivity index is 2.94. The van der Waals surface area contributed by atoms with Crippen LogP contribution in [0.4, 0.5) is 0 Å². The maximum Gasteiger partial charge on any atom is 0.490 e. The van der Waals surface area contributed by atoms with Crippen molar-refractivity contribution in [3.63, 3.8) is 0 Å². The summed E-state index contributed by atoms with van der Waals surface area (Å²) in [6.45, 7) is 13.9. The molecule has 0 aromatic rings. The fourth-order valence-corrected chi connectivity index (χ4v) is 1.73. The molecule has 2 N–H and O–H groups in total. The maximum absolute atomic E-state index is 6.00. The number of allylic oxidation sites excluding steroid dienone is 4. The summed E-state index contributed by atoms with van der Waals surface area (Å²) < 4.78 is 12.0. The molecule has 0 bridgehead atoms. The van der Waals surface area contributed by atoms with Crippen LogP contribution in [0.5, 0.6) is 0 Å². The topological polar surface area (TPSA) is 44.5 Å². The van der Waals surface area contributed by atoms with E-state index in [2.05, 4.69) is 13.5 Å². The molecule has 1 aliphatic rings. The fraction of sp³-hybridized carbons (Fsp3) is 0.571. The molecule has 1 saturated heterocycles. The van der Waals surface area contributed by atoms with Crippen molar-refractivity contribution in [2.45, 2.75) is 52.2 Å². The first-order valence-electron chi connectivity index (χ1n) is 6.38. The van der Waals surface area contributed by atoms with E-state index in [-0.39, 0.29) is 18.3 Å². The molecule has 1 rings (SSSR count). The summed E-state index contributed by atoms with van der Waals surface area (Å²) in [6, 6.07) is 0. The summed E-state index contributed by atoms with van der Waals surface area (Å²) in [5.74, 6) is 0. The van der Waals surface area contributed by atoms with Gasteiger partial charge in [-0.15, -0.1) is 0 Å². The van der Waals surface area contributed by atoms with E-state index in [9.17, 15) is 0 Å². The first-order chi connectivity index (χ1) is 8.23. The second-order valence-electron chi connectivity index (χ2n) is 5.56. The highest BCUT2D eigenvalue weighted by molar-refractivity contribution is 6.54. The molecular formula is C14H24BNO2. The second-order valence-corrected chi connectivity index (χ2v) is 5.56. The Morgan fingerprint density at radius 3 is 2.11 bits per heavy atom. The van der Waals surface area contributed by atoms with Crippen molar-refractivity contribution < 1.29 is 9.31 Å². The van der Waals surface area contributed by atoms with Crippen LogP contribution in [0.3, 0.4) is 0 Å². The Bertz CT molecular complexity index is 367. The minimum atomic E-state index is -0.322. The average molecular weight is 249 g/mol. The standard InChI is InChI=1S/C14H24BNO2/c1-7-9-12(16)10-11(8-2)15-17-13(3,4)14(5,6)18-15/h7,9-10H,1,8,16H2,2-6H3/b11-10+,12-9+. The van der Waals surface area contributed by atoms with Crippen LogP contribution in [-0.4, -0.2) is 18.3 Å². The van der Waals surface area contributed by atoms with Crippen LogP contribution >= 0.6 is 0 Å². The third-order valence-electron chi connectivity index (χ3n) is 3.63. The van der Waals surface area contributed by atoms with Gasteiger partial charge in [-0.25, -0.2) is 0 Å². The van der Waals surface area contributed by atoms with Gasteiger partial charge in [0.2, 0.25) is 0 Å². The zero-order valence-corrected chi connectivity index (χ0v) is 12.1. The van der Waals surface area contributed by atoms with Gasteiger partial charge >= 0.3 is 7.12 Å². The number of rotatable bonds is 4. The zero-order valence-electron chi connectivity index (χ0n) is 12.1. The van der Waals surface area contributed by atoms with Crippen LogP contribution in [0.15, 0.2) is 36.0 Å². The zero-order chi connectivity index (χ0) is 14.0. The van der Waals surface area contributed by atoms with Crippen molar-refractivity contribution in [1.82, 2.24) is 0 Å². The average Bonchev–Trinajstić information content (AvgIpc) is 2.45. The van der Waals surface area contributed by atoms with E-state index in [1.54, 1.807) is 12.2 Å². The predicted molar refractivity (Wildman–Crippen MR) is 76.9 cm³/mol. The third-order valence-corrected chi connectivity index (χ3v) is 3.63. The van der Waals surface area contributed by atoms with Crippen LogP contribution in [-0.2, 0) is 9.31 Å². The summed E-state index contributed by atoms with van der Waals surface area (Å²) >= 11 is 0. The highest BCUT2D eigenvalue weighted by atomic mass is 16.7. The molecule has 0 unspecified atom stereocenters. The number of hydrogen-bond acceptors (Lipinski definition) is 3. The van der Waals surface area contributed by atoms with E-state index in [0.717, 1.165) is 11.9 Å². The van der Waals surface area contributed by atoms with Crippen molar-refractivity contribution in [2.75, 3.05) is 0 Å². The molecular weight excluding hydrogens is 225 g/mol. The van der Waals surface area contributed by atoms with Gasteiger partial charge in [0, 0.05) is 5.70 Å². The van der Waals surface area contributed by atoms with Gasteiger partial charge in [-0.05, 0) is 51.7 Å². The first kappa shape index (κ1) is 15.1. The Kier molecular flexibility index (Phi) is 4.46. The van der Waals surface area contributed by atoms with Crippen molar-refractivity contribution in [1.29, 1.82) is 0 Å². The van der Waals surface area contributed by atoms with Gasteiger partial charge in [-0.3, -0.25) is 0 Å². The highest BCUT2D eigenvalue weighted by Gasteiger charge is 2.51. The Hall–Kier alpha value is -0.995. The second kappa shape index (κ2) is 5.33. The maximum atomic E-state index is 6.00. The molecule has 1 heterocycles. The van der Waals surface area contributed by atoms with E-state index in [1.807, 2.05) is 33.8 Å². The lowest BCUT2D eigenvalue weighted by atomic mass is 9.76. The number of nitrogens with two attached hydrogens (primary N) is 1. The molecule has 0 aromatic heterocycles. The minimum Gasteiger partial charge on any atom is -0.400 e. The van der Waals surface area contributed by atoms with E-state index >= 15 is 0 Å². The van der Waals surface area contributed by atoms with Gasteiger partial charge in [0.25, 0.3) is 0 Å². The van der Waals surface area contributed by atoms with Gasteiger partial charge in [0.1, 0.15) is 0 Å². The minimum absolute atomic E-state index is 0.317. The molecule has 1 fully saturated rings. The molecule has 0 aromatic carbocycles. The predicted octanol–water partition coefficient (Wildman–Crippen LogP) is 2.98. The summed E-state index contributed by atoms with van der Waals surface area (Å²) in [5.41, 5.74) is 6.94. The van der Waals surface area contributed by atoms with Crippen LogP contribution < -0.4 is 5.73 Å². The number of hydrogen-bond donors (Lipinski definition) is 1. The van der Waals surface area contributed by atoms with Crippen LogP contribution in [0, 0.1) is 0 Å². The monoisotopic (exact) mass is 249 g/mol. The van der Waals surface area contributed by atoms with Crippen LogP contribution in [0.2, 0.25) is 0 Å². The molecule has 1 aliphatic heterocycles. The smallest absolute Gasteiger partial charge is 0.400 e. The molecule has 0 atom stereocenters. The van der Waals surface area contributed by atoms with Gasteiger partial charge in [0.05, 0.1) is 11.2 Å². The molecule has 0 radical (unpaired) electrons. The molecule has 4 heteroatoms. The van der Waals surface area contributed by atoms with E-state index in [4.69, 9.17) is 15.0 Å². The Labute approximate surface area is 111 Å². The van der Waals surface area contributed by atoms with Gasteiger partial charge < -0.3 is 15.0 Å². The Morgan fingerprint density at radius 2 is 1.72 bits per heavy atom. The molecule has 0 saturated carbocycles. The fourth-order valence-electron chi connectivity index (χ4n) is 1.73. The lowest BCUT2D eigenvalue weighted by Gasteiger charge is -2.32. The summed E-state index contributed by atoms with van der Waals surface area (Å²) in [7, 11) is -0.322. The van der Waals surface area contributed by atoms with Crippen molar-refractivity contribution in [3.05, 3.63) is 36.0 Å². The summed E-state index contributed by atoms with van der Waals surface area (Å²) in [6.07, 6.45) is 6.18. The molecule has 100 valence electrons. The van der Waals surface area contributed by atoms with Crippen LogP contribution in [0.25, 0.3) is 0 Å². The lowest BCUT2D eigenvalue weighted by molar-refractivity contribution is 0.00578. The molecule has 0 spiro atoms. The van der Waals surface area contributed by atoms with Gasteiger partial charge in [-0.1, -0.05) is 19.6 Å². The van der Waals surface area contributed by atoms with E-state index in [0.29, 0.717) is 5.70 Å². The molecule has 3 nitrogen and oxygen atoms in total. The Morgan fingerprint density at radius 1 is 1.22 bits per heavy atom. The molecule has 0 amide bonds. The van der Waals surface area contributed by atoms with Crippen molar-refractivity contribution in [2.24, 2.45) is 5.73 Å². The third kappa shape index (κ3) is 3.06. The van der Waals surface area contributed by atoms with E-state index in [1.165, 1.54) is 0 Å². The van der Waals surface area contributed by atoms with Crippen molar-refractivity contribution >= 4 is 7.12 Å². The lowest BCUT2D eigenvalue weighted by Crippen LogP contribution is -2.41. The van der Waals surface area contributed by atoms with Crippen molar-refractivity contribution in [3.8, 4) is 0 Å². The van der Waals surface area contributed by atoms with Gasteiger partial charge in [-0.2, -0.15) is 0 Å². The summed E-state index contributed by atoms with van der Waals surface area (Å²) in [4.78, 5) is 0. The normalized spacial score (nSPS) is 23.3. The quantitative estimate of drug-likeness (QED) is 0.615. The SMILES string of the molecule is C=C/C=C(N)\C=C(/CC)B1OC(C)(C)C(C)(C)O1. The van der Waals surface area contributed by atoms with Crippen LogP contribution in [0.1, 0.15) is 41.0 Å². The molecule has 18 heavy (non-hydrogen) atoms.